The van der Waals surface area contributed by atoms with Crippen molar-refractivity contribution in [2.45, 2.75) is 51.5 Å². The van der Waals surface area contributed by atoms with Crippen LogP contribution in [0.15, 0.2) is 41.4 Å². The summed E-state index contributed by atoms with van der Waals surface area (Å²) < 4.78 is 31.0. The molecule has 1 unspecified atom stereocenters. The highest BCUT2D eigenvalue weighted by Gasteiger charge is 2.27. The molecule has 138 valence electrons. The van der Waals surface area contributed by atoms with Crippen LogP contribution < -0.4 is 4.72 Å². The van der Waals surface area contributed by atoms with Crippen LogP contribution >= 0.6 is 0 Å². The van der Waals surface area contributed by atoms with Crippen molar-refractivity contribution in [2.24, 2.45) is 0 Å². The Morgan fingerprint density at radius 1 is 1.12 bits per heavy atom. The van der Waals surface area contributed by atoms with Crippen molar-refractivity contribution in [1.29, 1.82) is 0 Å². The minimum atomic E-state index is -3.69. The number of nitrogens with zero attached hydrogens (tertiary/aromatic N) is 3. The number of fused-ring (bicyclic) bond motifs is 1. The molecule has 26 heavy (non-hydrogen) atoms. The predicted octanol–water partition coefficient (Wildman–Crippen LogP) is 3.47. The summed E-state index contributed by atoms with van der Waals surface area (Å²) in [6.07, 6.45) is 3.31. The Morgan fingerprint density at radius 2 is 1.81 bits per heavy atom. The Hall–Kier alpha value is -2.25. The number of aryl methyl sites for hydroxylation is 3. The van der Waals surface area contributed by atoms with Crippen LogP contribution in [0, 0.1) is 20.8 Å². The first-order valence-electron chi connectivity index (χ1n) is 8.73. The maximum atomic E-state index is 13.1. The van der Waals surface area contributed by atoms with Crippen molar-refractivity contribution < 1.29 is 8.42 Å². The van der Waals surface area contributed by atoms with Gasteiger partial charge in [0.25, 0.3) is 0 Å². The summed E-state index contributed by atoms with van der Waals surface area (Å²) in [5.41, 5.74) is 3.24. The van der Waals surface area contributed by atoms with E-state index in [1.54, 1.807) is 0 Å². The largest absolute Gasteiger partial charge is 0.285 e. The first-order valence-corrected chi connectivity index (χ1v) is 10.2. The van der Waals surface area contributed by atoms with Gasteiger partial charge in [-0.1, -0.05) is 37.1 Å². The molecule has 2 heterocycles. The molecular weight excluding hydrogens is 348 g/mol. The summed E-state index contributed by atoms with van der Waals surface area (Å²) in [5.74, 6) is 0.605. The van der Waals surface area contributed by atoms with Crippen LogP contribution in [0.1, 0.15) is 48.3 Å². The maximum absolute atomic E-state index is 13.1. The number of aromatic nitrogens is 3. The SMILES string of the molecule is CCCC(NS(=O)(=O)c1c(C)cc(C)cc1C)c1nnc2ccccn12. The molecule has 3 rings (SSSR count). The zero-order valence-electron chi connectivity index (χ0n) is 15.5. The molecule has 0 aliphatic rings. The van der Waals surface area contributed by atoms with Gasteiger partial charge in [-0.05, 0) is 50.5 Å². The third kappa shape index (κ3) is 3.50. The summed E-state index contributed by atoms with van der Waals surface area (Å²) >= 11 is 0. The van der Waals surface area contributed by atoms with E-state index in [0.717, 1.165) is 23.1 Å². The molecule has 0 aliphatic heterocycles. The second kappa shape index (κ2) is 7.17. The zero-order valence-corrected chi connectivity index (χ0v) is 16.3. The monoisotopic (exact) mass is 372 g/mol. The molecule has 0 saturated heterocycles. The van der Waals surface area contributed by atoms with Gasteiger partial charge in [-0.15, -0.1) is 10.2 Å². The van der Waals surface area contributed by atoms with Crippen LogP contribution in [0.5, 0.6) is 0 Å². The predicted molar refractivity (Wildman–Crippen MR) is 102 cm³/mol. The molecule has 6 nitrogen and oxygen atoms in total. The normalized spacial score (nSPS) is 13.2. The van der Waals surface area contributed by atoms with E-state index in [-0.39, 0.29) is 0 Å². The van der Waals surface area contributed by atoms with Gasteiger partial charge in [0.1, 0.15) is 0 Å². The number of pyridine rings is 1. The summed E-state index contributed by atoms with van der Waals surface area (Å²) in [5, 5.41) is 8.39. The van der Waals surface area contributed by atoms with Crippen LogP contribution in [0.25, 0.3) is 5.65 Å². The van der Waals surface area contributed by atoms with Crippen LogP contribution in [0.3, 0.4) is 0 Å². The standard InChI is InChI=1S/C19H24N4O2S/c1-5-8-16(19-21-20-17-9-6-7-10-23(17)19)22-26(24,25)18-14(3)11-13(2)12-15(18)4/h6-7,9-12,16,22H,5,8H2,1-4H3. The lowest BCUT2D eigenvalue weighted by molar-refractivity contribution is 0.516. The van der Waals surface area contributed by atoms with E-state index < -0.39 is 16.1 Å². The van der Waals surface area contributed by atoms with Crippen LogP contribution in [-0.2, 0) is 10.0 Å². The molecule has 0 bridgehead atoms. The molecule has 2 aromatic heterocycles. The highest BCUT2D eigenvalue weighted by atomic mass is 32.2. The third-order valence-corrected chi connectivity index (χ3v) is 6.18. The highest BCUT2D eigenvalue weighted by Crippen LogP contribution is 2.25. The van der Waals surface area contributed by atoms with Gasteiger partial charge < -0.3 is 0 Å². The molecule has 0 fully saturated rings. The van der Waals surface area contributed by atoms with Gasteiger partial charge >= 0.3 is 0 Å². The Bertz CT molecular complexity index is 1020. The fourth-order valence-corrected chi connectivity index (χ4v) is 5.15. The number of hydrogen-bond acceptors (Lipinski definition) is 4. The average molecular weight is 372 g/mol. The minimum absolute atomic E-state index is 0.345. The highest BCUT2D eigenvalue weighted by molar-refractivity contribution is 7.89. The molecule has 3 aromatic rings. The molecule has 1 aromatic carbocycles. The first-order chi connectivity index (χ1) is 12.3. The van der Waals surface area contributed by atoms with E-state index in [1.165, 1.54) is 0 Å². The molecule has 0 saturated carbocycles. The van der Waals surface area contributed by atoms with Crippen LogP contribution in [0.2, 0.25) is 0 Å². The average Bonchev–Trinajstić information content (AvgIpc) is 2.97. The quantitative estimate of drug-likeness (QED) is 0.719. The lowest BCUT2D eigenvalue weighted by Gasteiger charge is -2.19. The van der Waals surface area contributed by atoms with Crippen molar-refractivity contribution in [2.75, 3.05) is 0 Å². The number of sulfonamides is 1. The van der Waals surface area contributed by atoms with Crippen molar-refractivity contribution in [1.82, 2.24) is 19.3 Å². The van der Waals surface area contributed by atoms with E-state index in [9.17, 15) is 8.42 Å². The summed E-state index contributed by atoms with van der Waals surface area (Å²) in [7, 11) is -3.69. The topological polar surface area (TPSA) is 76.4 Å². The van der Waals surface area contributed by atoms with Gasteiger partial charge in [0.05, 0.1) is 10.9 Å². The summed E-state index contributed by atoms with van der Waals surface area (Å²) in [6.45, 7) is 7.64. The van der Waals surface area contributed by atoms with E-state index >= 15 is 0 Å². The van der Waals surface area contributed by atoms with E-state index in [1.807, 2.05) is 68.6 Å². The number of benzene rings is 1. The zero-order chi connectivity index (χ0) is 18.9. The second-order valence-electron chi connectivity index (χ2n) is 6.68. The van der Waals surface area contributed by atoms with Gasteiger partial charge in [-0.3, -0.25) is 4.40 Å². The van der Waals surface area contributed by atoms with Crippen molar-refractivity contribution >= 4 is 15.7 Å². The van der Waals surface area contributed by atoms with Crippen LogP contribution in [0.4, 0.5) is 0 Å². The minimum Gasteiger partial charge on any atom is -0.285 e. The molecule has 7 heteroatoms. The van der Waals surface area contributed by atoms with Crippen molar-refractivity contribution in [3.05, 3.63) is 59.0 Å². The van der Waals surface area contributed by atoms with Gasteiger partial charge in [0.15, 0.2) is 11.5 Å². The molecular formula is C19H24N4O2S. The maximum Gasteiger partial charge on any atom is 0.241 e. The van der Waals surface area contributed by atoms with E-state index in [4.69, 9.17) is 0 Å². The third-order valence-electron chi connectivity index (χ3n) is 4.40. The number of nitrogens with one attached hydrogen (secondary N) is 1. The Morgan fingerprint density at radius 3 is 2.46 bits per heavy atom. The first kappa shape index (κ1) is 18.5. The number of hydrogen-bond donors (Lipinski definition) is 1. The lowest BCUT2D eigenvalue weighted by Crippen LogP contribution is -2.31. The van der Waals surface area contributed by atoms with Gasteiger partial charge in [0.2, 0.25) is 10.0 Å². The Kier molecular flexibility index (Phi) is 5.11. The summed E-state index contributed by atoms with van der Waals surface area (Å²) in [4.78, 5) is 0.345. The van der Waals surface area contributed by atoms with Gasteiger partial charge in [-0.25, -0.2) is 13.1 Å². The Labute approximate surface area is 154 Å². The molecule has 1 N–H and O–H groups in total. The Balaban J connectivity index is 2.03. The van der Waals surface area contributed by atoms with E-state index in [0.29, 0.717) is 22.8 Å². The van der Waals surface area contributed by atoms with Gasteiger partial charge in [0, 0.05) is 6.20 Å². The second-order valence-corrected chi connectivity index (χ2v) is 8.33. The molecule has 0 spiro atoms. The van der Waals surface area contributed by atoms with E-state index in [2.05, 4.69) is 14.9 Å². The molecule has 0 amide bonds. The summed E-state index contributed by atoms with van der Waals surface area (Å²) in [6, 6.07) is 8.95. The lowest BCUT2D eigenvalue weighted by atomic mass is 10.1. The van der Waals surface area contributed by atoms with Gasteiger partial charge in [-0.2, -0.15) is 0 Å². The van der Waals surface area contributed by atoms with Crippen molar-refractivity contribution in [3.63, 3.8) is 0 Å². The number of rotatable bonds is 6. The molecule has 1 atom stereocenters. The molecule has 0 aliphatic carbocycles. The van der Waals surface area contributed by atoms with Crippen molar-refractivity contribution in [3.8, 4) is 0 Å². The molecule has 0 radical (unpaired) electrons. The van der Waals surface area contributed by atoms with Crippen LogP contribution in [-0.4, -0.2) is 23.0 Å². The fourth-order valence-electron chi connectivity index (χ4n) is 3.46. The fraction of sp³-hybridized carbons (Fsp3) is 0.368. The smallest absolute Gasteiger partial charge is 0.241 e.